The van der Waals surface area contributed by atoms with Crippen LogP contribution in [0.1, 0.15) is 49.8 Å². The minimum Gasteiger partial charge on any atom is -0.512 e. The third kappa shape index (κ3) is 5.43. The number of aryl methyl sites for hydroxylation is 1. The van der Waals surface area contributed by atoms with Crippen molar-refractivity contribution in [1.82, 2.24) is 15.0 Å². The quantitative estimate of drug-likeness (QED) is 0.430. The van der Waals surface area contributed by atoms with Crippen molar-refractivity contribution in [3.63, 3.8) is 0 Å². The first-order valence-corrected chi connectivity index (χ1v) is 12.7. The molecule has 3 heterocycles. The van der Waals surface area contributed by atoms with Crippen molar-refractivity contribution < 1.29 is 19.4 Å². The Labute approximate surface area is 215 Å². The number of ether oxygens (including phenoxy) is 2. The maximum absolute atomic E-state index is 13.3. The summed E-state index contributed by atoms with van der Waals surface area (Å²) < 4.78 is 11.5. The largest absolute Gasteiger partial charge is 0.512 e. The summed E-state index contributed by atoms with van der Waals surface area (Å²) in [5, 5.41) is 11.2. The summed E-state index contributed by atoms with van der Waals surface area (Å²) >= 11 is 0. The van der Waals surface area contributed by atoms with Crippen LogP contribution in [0.4, 0.5) is 0 Å². The fraction of sp³-hybridized carbons (Fsp3) is 0.379. The molecule has 2 N–H and O–H groups in total. The van der Waals surface area contributed by atoms with E-state index in [1.807, 2.05) is 24.3 Å². The van der Waals surface area contributed by atoms with Gasteiger partial charge in [-0.05, 0) is 61.4 Å². The Hall–Kier alpha value is -3.94. The third-order valence-electron chi connectivity index (χ3n) is 7.51. The van der Waals surface area contributed by atoms with Gasteiger partial charge in [0.1, 0.15) is 22.8 Å². The molecule has 5 rings (SSSR count). The zero-order chi connectivity index (χ0) is 25.8. The van der Waals surface area contributed by atoms with Crippen LogP contribution in [0.3, 0.4) is 0 Å². The van der Waals surface area contributed by atoms with E-state index in [4.69, 9.17) is 9.47 Å². The Morgan fingerprint density at radius 2 is 1.92 bits per heavy atom. The van der Waals surface area contributed by atoms with Crippen molar-refractivity contribution in [2.45, 2.75) is 57.0 Å². The number of pyridine rings is 1. The number of methoxy groups -OCH3 is 1. The molecule has 1 aliphatic carbocycles. The van der Waals surface area contributed by atoms with Crippen molar-refractivity contribution in [3.8, 4) is 17.3 Å². The van der Waals surface area contributed by atoms with Gasteiger partial charge in [0, 0.05) is 25.1 Å². The highest BCUT2D eigenvalue weighted by molar-refractivity contribution is 5.90. The van der Waals surface area contributed by atoms with Gasteiger partial charge in [-0.15, -0.1) is 0 Å². The van der Waals surface area contributed by atoms with Crippen LogP contribution in [-0.4, -0.2) is 38.7 Å². The average Bonchev–Trinajstić information content (AvgIpc) is 3.46. The van der Waals surface area contributed by atoms with E-state index in [0.29, 0.717) is 23.6 Å². The second-order valence-corrected chi connectivity index (χ2v) is 9.86. The minimum atomic E-state index is -0.748. The number of H-pyrrole nitrogens is 1. The van der Waals surface area contributed by atoms with E-state index >= 15 is 0 Å². The molecule has 2 aliphatic rings. The maximum atomic E-state index is 13.3. The van der Waals surface area contributed by atoms with Crippen LogP contribution in [0, 0.1) is 5.92 Å². The van der Waals surface area contributed by atoms with Crippen LogP contribution in [-0.2, 0) is 22.4 Å². The Morgan fingerprint density at radius 1 is 1.14 bits per heavy atom. The molecule has 2 aromatic heterocycles. The summed E-state index contributed by atoms with van der Waals surface area (Å²) in [6.07, 6.45) is 7.37. The summed E-state index contributed by atoms with van der Waals surface area (Å²) in [5.41, 5.74) is 1.07. The summed E-state index contributed by atoms with van der Waals surface area (Å²) in [7, 11) is 1.64. The number of aliphatic hydroxyl groups excluding tert-OH is 1. The molecule has 192 valence electrons. The molecule has 3 aromatic rings. The van der Waals surface area contributed by atoms with E-state index in [2.05, 4.69) is 15.0 Å². The monoisotopic (exact) mass is 501 g/mol. The highest BCUT2D eigenvalue weighted by Gasteiger charge is 2.48. The number of nitrogens with one attached hydrogen (secondary N) is 1. The van der Waals surface area contributed by atoms with E-state index in [9.17, 15) is 14.7 Å². The maximum Gasteiger partial charge on any atom is 0.338 e. The van der Waals surface area contributed by atoms with Gasteiger partial charge < -0.3 is 19.6 Å². The second-order valence-electron chi connectivity index (χ2n) is 9.86. The lowest BCUT2D eigenvalue weighted by Gasteiger charge is -2.42. The van der Waals surface area contributed by atoms with Crippen LogP contribution in [0.25, 0.3) is 11.5 Å². The number of benzene rings is 1. The van der Waals surface area contributed by atoms with Crippen LogP contribution in [0.5, 0.6) is 5.75 Å². The van der Waals surface area contributed by atoms with Crippen molar-refractivity contribution >= 4 is 5.97 Å². The van der Waals surface area contributed by atoms with Gasteiger partial charge in [0.05, 0.1) is 18.4 Å². The van der Waals surface area contributed by atoms with Gasteiger partial charge in [0.25, 0.3) is 5.56 Å². The molecule has 1 saturated carbocycles. The number of esters is 1. The van der Waals surface area contributed by atoms with E-state index in [1.165, 1.54) is 6.07 Å². The number of aromatic amines is 1. The first-order valence-electron chi connectivity index (χ1n) is 12.7. The highest BCUT2D eigenvalue weighted by atomic mass is 16.6. The molecule has 1 atom stereocenters. The average molecular weight is 502 g/mol. The first kappa shape index (κ1) is 24.7. The molecule has 1 fully saturated rings. The lowest BCUT2D eigenvalue weighted by molar-refractivity contribution is -0.167. The molecular weight excluding hydrogens is 470 g/mol. The SMILES string of the molecule is COc1ccc(CCC2(C3CCCC3)CC(O)=C(Cc3cc(=O)[nH]c(-c4ccccn4)n3)C(=O)O2)cc1. The Morgan fingerprint density at radius 3 is 2.59 bits per heavy atom. The number of aliphatic hydroxyl groups is 1. The number of carbonyl (C=O) groups excluding carboxylic acids is 1. The number of hydrogen-bond donors (Lipinski definition) is 2. The van der Waals surface area contributed by atoms with Crippen LogP contribution < -0.4 is 10.3 Å². The van der Waals surface area contributed by atoms with Crippen LogP contribution in [0.15, 0.2) is 70.9 Å². The van der Waals surface area contributed by atoms with Gasteiger partial charge in [0.2, 0.25) is 0 Å². The Bertz CT molecular complexity index is 1340. The normalized spacial score (nSPS) is 20.2. The summed E-state index contributed by atoms with van der Waals surface area (Å²) in [6.45, 7) is 0. The van der Waals surface area contributed by atoms with Gasteiger partial charge in [-0.25, -0.2) is 9.78 Å². The molecule has 37 heavy (non-hydrogen) atoms. The summed E-state index contributed by atoms with van der Waals surface area (Å²) in [6, 6.07) is 14.5. The zero-order valence-electron chi connectivity index (χ0n) is 20.9. The number of nitrogens with zero attached hydrogens (tertiary/aromatic N) is 2. The van der Waals surface area contributed by atoms with Gasteiger partial charge in [-0.2, -0.15) is 0 Å². The number of hydrogen-bond acceptors (Lipinski definition) is 7. The predicted octanol–water partition coefficient (Wildman–Crippen LogP) is 4.70. The molecule has 1 unspecified atom stereocenters. The molecule has 1 aliphatic heterocycles. The van der Waals surface area contributed by atoms with E-state index in [1.54, 1.807) is 31.5 Å². The topological polar surface area (TPSA) is 114 Å². The van der Waals surface area contributed by atoms with E-state index < -0.39 is 11.6 Å². The van der Waals surface area contributed by atoms with Gasteiger partial charge >= 0.3 is 5.97 Å². The number of cyclic esters (lactones) is 1. The van der Waals surface area contributed by atoms with Crippen molar-refractivity contribution in [2.75, 3.05) is 7.11 Å². The lowest BCUT2D eigenvalue weighted by atomic mass is 9.76. The molecule has 8 heteroatoms. The van der Waals surface area contributed by atoms with Crippen LogP contribution in [0.2, 0.25) is 0 Å². The van der Waals surface area contributed by atoms with Crippen molar-refractivity contribution in [2.24, 2.45) is 5.92 Å². The molecule has 1 aromatic carbocycles. The van der Waals surface area contributed by atoms with Crippen LogP contribution >= 0.6 is 0 Å². The van der Waals surface area contributed by atoms with Gasteiger partial charge in [0.15, 0.2) is 5.82 Å². The van der Waals surface area contributed by atoms with Gasteiger partial charge in [-0.1, -0.05) is 31.0 Å². The van der Waals surface area contributed by atoms with E-state index in [0.717, 1.165) is 43.4 Å². The van der Waals surface area contributed by atoms with Gasteiger partial charge in [-0.3, -0.25) is 9.78 Å². The smallest absolute Gasteiger partial charge is 0.338 e. The Kier molecular flexibility index (Phi) is 7.08. The number of carbonyl (C=O) groups is 1. The minimum absolute atomic E-state index is 0.00759. The fourth-order valence-electron chi connectivity index (χ4n) is 5.54. The lowest BCUT2D eigenvalue weighted by Crippen LogP contribution is -2.46. The Balaban J connectivity index is 1.39. The molecule has 0 spiro atoms. The summed E-state index contributed by atoms with van der Waals surface area (Å²) in [4.78, 5) is 37.0. The van der Waals surface area contributed by atoms with E-state index in [-0.39, 0.29) is 35.7 Å². The summed E-state index contributed by atoms with van der Waals surface area (Å²) in [5.74, 6) is 0.799. The number of aromatic nitrogens is 3. The molecule has 0 saturated heterocycles. The molecule has 0 radical (unpaired) electrons. The number of rotatable bonds is 8. The molecule has 0 amide bonds. The first-order chi connectivity index (χ1) is 18.0. The second kappa shape index (κ2) is 10.6. The molecule has 0 bridgehead atoms. The van der Waals surface area contributed by atoms with Crippen molar-refractivity contribution in [1.29, 1.82) is 0 Å². The third-order valence-corrected chi connectivity index (χ3v) is 7.51. The molecular formula is C29H31N3O5. The highest BCUT2D eigenvalue weighted by Crippen LogP contribution is 2.46. The van der Waals surface area contributed by atoms with Crippen molar-refractivity contribution in [3.05, 3.63) is 87.7 Å². The fourth-order valence-corrected chi connectivity index (χ4v) is 5.54. The zero-order valence-corrected chi connectivity index (χ0v) is 20.9. The molecule has 8 nitrogen and oxygen atoms in total. The predicted molar refractivity (Wildman–Crippen MR) is 138 cm³/mol. The standard InChI is InChI=1S/C29H31N3O5/c1-36-22-11-9-19(10-12-22)13-14-29(20-6-2-3-7-20)18-25(33)23(28(35)37-29)16-21-17-26(34)32-27(31-21)24-8-4-5-15-30-24/h4-5,8-12,15,17,20,33H,2-3,6-7,13-14,16,18H2,1H3,(H,31,32,34).